The maximum Gasteiger partial charge on any atom is 0.311 e. The summed E-state index contributed by atoms with van der Waals surface area (Å²) in [5.41, 5.74) is 0.178. The van der Waals surface area contributed by atoms with E-state index in [2.05, 4.69) is 22.0 Å². The number of carboxylic acid groups (broad SMARTS) is 1. The summed E-state index contributed by atoms with van der Waals surface area (Å²) in [5, 5.41) is 23.0. The molecule has 2 aromatic rings. The predicted octanol–water partition coefficient (Wildman–Crippen LogP) is 1.94. The number of aromatic nitrogens is 4. The maximum absolute atomic E-state index is 11.9. The Hall–Kier alpha value is -2.18. The van der Waals surface area contributed by atoms with Crippen molar-refractivity contribution in [3.05, 3.63) is 18.0 Å². The fourth-order valence-corrected chi connectivity index (χ4v) is 4.69. The highest BCUT2D eigenvalue weighted by molar-refractivity contribution is 5.77. The minimum Gasteiger partial charge on any atom is -0.481 e. The van der Waals surface area contributed by atoms with Crippen molar-refractivity contribution >= 4 is 17.4 Å². The summed E-state index contributed by atoms with van der Waals surface area (Å²) in [6.07, 6.45) is 3.94. The summed E-state index contributed by atoms with van der Waals surface area (Å²) >= 11 is 0. The van der Waals surface area contributed by atoms with Gasteiger partial charge in [-0.25, -0.2) is 0 Å². The summed E-state index contributed by atoms with van der Waals surface area (Å²) in [7, 11) is 0. The molecule has 126 valence electrons. The molecule has 2 unspecified atom stereocenters. The second kappa shape index (κ2) is 4.68. The number of hydrogen-bond acceptors (Lipinski definition) is 5. The van der Waals surface area contributed by atoms with Crippen LogP contribution in [-0.2, 0) is 4.79 Å². The van der Waals surface area contributed by atoms with E-state index in [4.69, 9.17) is 5.10 Å². The lowest BCUT2D eigenvalue weighted by Gasteiger charge is -2.23. The lowest BCUT2D eigenvalue weighted by atomic mass is 9.81. The van der Waals surface area contributed by atoms with Crippen molar-refractivity contribution in [3.63, 3.8) is 0 Å². The normalized spacial score (nSPS) is 34.7. The van der Waals surface area contributed by atoms with Crippen molar-refractivity contribution in [2.24, 2.45) is 17.3 Å². The van der Waals surface area contributed by atoms with Gasteiger partial charge in [-0.05, 0) is 43.2 Å². The van der Waals surface area contributed by atoms with E-state index >= 15 is 0 Å². The van der Waals surface area contributed by atoms with E-state index in [9.17, 15) is 9.90 Å². The first-order chi connectivity index (χ1) is 11.6. The Morgan fingerprint density at radius 3 is 2.92 bits per heavy atom. The number of carbonyl (C=O) groups is 1. The van der Waals surface area contributed by atoms with Crippen LogP contribution in [0.3, 0.4) is 0 Å². The van der Waals surface area contributed by atoms with Crippen LogP contribution in [0.25, 0.3) is 5.65 Å². The molecular formula is C17H21N5O2. The van der Waals surface area contributed by atoms with Gasteiger partial charge in [-0.15, -0.1) is 15.3 Å². The molecule has 4 atom stereocenters. The average molecular weight is 327 g/mol. The van der Waals surface area contributed by atoms with E-state index in [1.54, 1.807) is 0 Å². The monoisotopic (exact) mass is 327 g/mol. The van der Waals surface area contributed by atoms with Crippen LogP contribution < -0.4 is 4.90 Å². The Morgan fingerprint density at radius 2 is 2.21 bits per heavy atom. The zero-order valence-electron chi connectivity index (χ0n) is 13.7. The molecule has 0 aromatic carbocycles. The average Bonchev–Trinajstić information content (AvgIpc) is 2.96. The van der Waals surface area contributed by atoms with Crippen LogP contribution in [0.4, 0.5) is 5.82 Å². The standard InChI is InChI=1S/C17H21N5O2/c1-10-7-12(10)15-19-18-13-4-5-14(20-22(13)15)21-8-11-3-2-6-17(11,9-21)16(23)24/h4-5,10-12H,2-3,6-9H2,1H3,(H,23,24)/t10?,11-,12?,17+/m0/s1. The molecule has 5 rings (SSSR count). The Bertz CT molecular complexity index is 833. The number of nitrogens with zero attached hydrogens (tertiary/aromatic N) is 5. The molecule has 0 radical (unpaired) electrons. The molecule has 1 saturated heterocycles. The molecule has 3 heterocycles. The highest BCUT2D eigenvalue weighted by Crippen LogP contribution is 2.50. The van der Waals surface area contributed by atoms with Gasteiger partial charge in [-0.1, -0.05) is 13.3 Å². The van der Waals surface area contributed by atoms with Crippen LogP contribution in [0.5, 0.6) is 0 Å². The van der Waals surface area contributed by atoms with Crippen LogP contribution in [0.1, 0.15) is 44.3 Å². The molecule has 7 nitrogen and oxygen atoms in total. The van der Waals surface area contributed by atoms with E-state index in [0.717, 1.165) is 49.5 Å². The minimum atomic E-state index is -0.648. The van der Waals surface area contributed by atoms with Gasteiger partial charge in [0.05, 0.1) is 5.41 Å². The molecular weight excluding hydrogens is 306 g/mol. The second-order valence-electron chi connectivity index (χ2n) is 7.77. The molecule has 24 heavy (non-hydrogen) atoms. The molecule has 1 N–H and O–H groups in total. The van der Waals surface area contributed by atoms with Gasteiger partial charge in [0.1, 0.15) is 5.82 Å². The van der Waals surface area contributed by atoms with Crippen LogP contribution in [-0.4, -0.2) is 44.0 Å². The number of carboxylic acids is 1. The molecule has 0 bridgehead atoms. The number of anilines is 1. The molecule has 0 spiro atoms. The van der Waals surface area contributed by atoms with Gasteiger partial charge in [0, 0.05) is 19.0 Å². The molecule has 0 amide bonds. The van der Waals surface area contributed by atoms with Crippen LogP contribution in [0.2, 0.25) is 0 Å². The molecule has 7 heteroatoms. The third kappa shape index (κ3) is 1.84. The Morgan fingerprint density at radius 1 is 1.38 bits per heavy atom. The first-order valence-electron chi connectivity index (χ1n) is 8.79. The van der Waals surface area contributed by atoms with Gasteiger partial charge in [0.15, 0.2) is 11.5 Å². The summed E-state index contributed by atoms with van der Waals surface area (Å²) in [6.45, 7) is 3.55. The van der Waals surface area contributed by atoms with E-state index in [-0.39, 0.29) is 5.92 Å². The largest absolute Gasteiger partial charge is 0.481 e. The summed E-state index contributed by atoms with van der Waals surface area (Å²) in [4.78, 5) is 14.0. The summed E-state index contributed by atoms with van der Waals surface area (Å²) < 4.78 is 1.85. The second-order valence-corrected chi connectivity index (χ2v) is 7.77. The maximum atomic E-state index is 11.9. The van der Waals surface area contributed by atoms with Crippen LogP contribution in [0, 0.1) is 17.3 Å². The van der Waals surface area contributed by atoms with E-state index in [1.165, 1.54) is 0 Å². The summed E-state index contributed by atoms with van der Waals surface area (Å²) in [6, 6.07) is 3.88. The van der Waals surface area contributed by atoms with Gasteiger partial charge in [-0.2, -0.15) is 4.52 Å². The van der Waals surface area contributed by atoms with Gasteiger partial charge in [0.25, 0.3) is 0 Å². The number of hydrogen-bond donors (Lipinski definition) is 1. The fraction of sp³-hybridized carbons (Fsp3) is 0.647. The first-order valence-corrected chi connectivity index (χ1v) is 8.79. The topological polar surface area (TPSA) is 83.6 Å². The van der Waals surface area contributed by atoms with E-state index in [0.29, 0.717) is 18.4 Å². The number of rotatable bonds is 3. The van der Waals surface area contributed by atoms with Crippen LogP contribution >= 0.6 is 0 Å². The Kier molecular flexibility index (Phi) is 2.76. The molecule has 3 fully saturated rings. The molecule has 1 aliphatic heterocycles. The zero-order valence-corrected chi connectivity index (χ0v) is 13.7. The van der Waals surface area contributed by atoms with Gasteiger partial charge >= 0.3 is 5.97 Å². The lowest BCUT2D eigenvalue weighted by Crippen LogP contribution is -2.35. The zero-order chi connectivity index (χ0) is 16.5. The minimum absolute atomic E-state index is 0.233. The molecule has 2 saturated carbocycles. The predicted molar refractivity (Wildman–Crippen MR) is 86.9 cm³/mol. The first kappa shape index (κ1) is 14.2. The molecule has 3 aliphatic rings. The van der Waals surface area contributed by atoms with Gasteiger partial charge < -0.3 is 10.0 Å². The van der Waals surface area contributed by atoms with E-state index < -0.39 is 11.4 Å². The van der Waals surface area contributed by atoms with Crippen molar-refractivity contribution in [1.29, 1.82) is 0 Å². The van der Waals surface area contributed by atoms with Crippen molar-refractivity contribution in [1.82, 2.24) is 19.8 Å². The van der Waals surface area contributed by atoms with Crippen molar-refractivity contribution < 1.29 is 9.90 Å². The van der Waals surface area contributed by atoms with Crippen molar-refractivity contribution in [2.45, 2.75) is 38.5 Å². The Labute approximate surface area is 139 Å². The highest BCUT2D eigenvalue weighted by atomic mass is 16.4. The fourth-order valence-electron chi connectivity index (χ4n) is 4.69. The third-order valence-corrected chi connectivity index (χ3v) is 6.33. The number of fused-ring (bicyclic) bond motifs is 2. The van der Waals surface area contributed by atoms with E-state index in [1.807, 2.05) is 16.6 Å². The molecule has 2 aliphatic carbocycles. The van der Waals surface area contributed by atoms with Crippen molar-refractivity contribution in [2.75, 3.05) is 18.0 Å². The van der Waals surface area contributed by atoms with Gasteiger partial charge in [-0.3, -0.25) is 4.79 Å². The number of aliphatic carboxylic acids is 1. The molecule has 2 aromatic heterocycles. The SMILES string of the molecule is CC1CC1c1nnc2ccc(N3C[C@@H]4CCC[C@@]4(C(=O)O)C3)nn12. The Balaban J connectivity index is 1.50. The quantitative estimate of drug-likeness (QED) is 0.927. The smallest absolute Gasteiger partial charge is 0.311 e. The third-order valence-electron chi connectivity index (χ3n) is 6.33. The van der Waals surface area contributed by atoms with Crippen LogP contribution in [0.15, 0.2) is 12.1 Å². The van der Waals surface area contributed by atoms with Crippen molar-refractivity contribution in [3.8, 4) is 0 Å². The lowest BCUT2D eigenvalue weighted by molar-refractivity contribution is -0.149. The summed E-state index contributed by atoms with van der Waals surface area (Å²) in [5.74, 6) is 2.45. The highest BCUT2D eigenvalue weighted by Gasteiger charge is 2.55. The van der Waals surface area contributed by atoms with Gasteiger partial charge in [0.2, 0.25) is 0 Å².